The number of ether oxygens (including phenoxy) is 2. The first kappa shape index (κ1) is 28.5. The van der Waals surface area contributed by atoms with Crippen LogP contribution in [0.15, 0.2) is 78.1 Å². The van der Waals surface area contributed by atoms with Crippen molar-refractivity contribution in [3.63, 3.8) is 0 Å². The lowest BCUT2D eigenvalue weighted by molar-refractivity contribution is 0.145. The van der Waals surface area contributed by atoms with Crippen molar-refractivity contribution in [1.82, 2.24) is 15.1 Å². The van der Waals surface area contributed by atoms with Gasteiger partial charge in [0.25, 0.3) is 0 Å². The van der Waals surface area contributed by atoms with E-state index in [1.807, 2.05) is 37.3 Å². The van der Waals surface area contributed by atoms with E-state index >= 15 is 0 Å². The molecule has 1 N–H and O–H groups in total. The minimum Gasteiger partial charge on any atom is -0.493 e. The highest BCUT2D eigenvalue weighted by molar-refractivity contribution is 6.09. The number of benzene rings is 2. The number of allylic oxidation sites excluding steroid dienone is 2. The molecular formula is C31H44N4O2. The van der Waals surface area contributed by atoms with Crippen LogP contribution in [0.1, 0.15) is 50.3 Å². The molecule has 0 aliphatic carbocycles. The molecule has 2 aromatic carbocycles. The average Bonchev–Trinajstić information content (AvgIpc) is 2.94. The fourth-order valence-electron chi connectivity index (χ4n) is 4.50. The molecule has 37 heavy (non-hydrogen) atoms. The molecule has 2 aromatic rings. The van der Waals surface area contributed by atoms with Crippen molar-refractivity contribution in [2.45, 2.75) is 39.2 Å². The predicted molar refractivity (Wildman–Crippen MR) is 155 cm³/mol. The third kappa shape index (κ3) is 8.76. The molecule has 0 aromatic heterocycles. The van der Waals surface area contributed by atoms with E-state index in [0.29, 0.717) is 12.4 Å². The molecule has 1 aliphatic heterocycles. The molecule has 6 heteroatoms. The van der Waals surface area contributed by atoms with Crippen molar-refractivity contribution in [3.8, 4) is 11.5 Å². The van der Waals surface area contributed by atoms with Gasteiger partial charge in [0, 0.05) is 38.3 Å². The zero-order chi connectivity index (χ0) is 26.5. The van der Waals surface area contributed by atoms with Gasteiger partial charge < -0.3 is 24.6 Å². The van der Waals surface area contributed by atoms with Crippen molar-refractivity contribution >= 4 is 5.71 Å². The van der Waals surface area contributed by atoms with Crippen LogP contribution in [0, 0.1) is 0 Å². The number of methoxy groups -OCH3 is 1. The second-order valence-corrected chi connectivity index (χ2v) is 9.48. The summed E-state index contributed by atoms with van der Waals surface area (Å²) < 4.78 is 11.8. The highest BCUT2D eigenvalue weighted by atomic mass is 16.5. The van der Waals surface area contributed by atoms with Crippen molar-refractivity contribution < 1.29 is 9.47 Å². The quantitative estimate of drug-likeness (QED) is 0.265. The predicted octanol–water partition coefficient (Wildman–Crippen LogP) is 5.68. The van der Waals surface area contributed by atoms with Gasteiger partial charge in [-0.15, -0.1) is 0 Å². The minimum absolute atomic E-state index is 0.198. The molecule has 1 heterocycles. The van der Waals surface area contributed by atoms with Gasteiger partial charge in [0.05, 0.1) is 25.5 Å². The fraction of sp³-hybridized carbons (Fsp3) is 0.452. The number of piperazine rings is 1. The monoisotopic (exact) mass is 504 g/mol. The molecule has 1 fully saturated rings. The van der Waals surface area contributed by atoms with Crippen LogP contribution in [0.3, 0.4) is 0 Å². The zero-order valence-corrected chi connectivity index (χ0v) is 23.1. The third-order valence-corrected chi connectivity index (χ3v) is 6.74. The number of hydrogen-bond donors (Lipinski definition) is 1. The van der Waals surface area contributed by atoms with Gasteiger partial charge in [-0.05, 0) is 62.7 Å². The summed E-state index contributed by atoms with van der Waals surface area (Å²) in [6, 6.07) is 16.7. The highest BCUT2D eigenvalue weighted by Gasteiger charge is 2.15. The van der Waals surface area contributed by atoms with E-state index in [2.05, 4.69) is 59.9 Å². The van der Waals surface area contributed by atoms with Crippen LogP contribution in [0.25, 0.3) is 0 Å². The molecule has 3 rings (SSSR count). The largest absolute Gasteiger partial charge is 0.493 e. The number of rotatable bonds is 14. The van der Waals surface area contributed by atoms with E-state index in [1.165, 1.54) is 5.56 Å². The van der Waals surface area contributed by atoms with Crippen LogP contribution in [0.4, 0.5) is 0 Å². The molecule has 0 radical (unpaired) electrons. The van der Waals surface area contributed by atoms with E-state index in [0.717, 1.165) is 74.8 Å². The second kappa shape index (κ2) is 15.2. The third-order valence-electron chi connectivity index (χ3n) is 6.74. The summed E-state index contributed by atoms with van der Waals surface area (Å²) in [5, 5.41) is 3.62. The van der Waals surface area contributed by atoms with Crippen molar-refractivity contribution in [3.05, 3.63) is 84.2 Å². The maximum atomic E-state index is 6.09. The summed E-state index contributed by atoms with van der Waals surface area (Å²) in [6.07, 6.45) is 6.88. The summed E-state index contributed by atoms with van der Waals surface area (Å²) in [5.74, 6) is 2.28. The van der Waals surface area contributed by atoms with Gasteiger partial charge in [-0.25, -0.2) is 4.99 Å². The second-order valence-electron chi connectivity index (χ2n) is 9.48. The summed E-state index contributed by atoms with van der Waals surface area (Å²) in [6.45, 7) is 14.5. The van der Waals surface area contributed by atoms with Crippen LogP contribution >= 0.6 is 0 Å². The van der Waals surface area contributed by atoms with Gasteiger partial charge >= 0.3 is 0 Å². The molecule has 6 nitrogen and oxygen atoms in total. The molecule has 0 bridgehead atoms. The zero-order valence-electron chi connectivity index (χ0n) is 23.1. The lowest BCUT2D eigenvalue weighted by Crippen LogP contribution is -2.44. The molecule has 0 spiro atoms. The van der Waals surface area contributed by atoms with Crippen molar-refractivity contribution in [2.24, 2.45) is 4.99 Å². The molecule has 1 aliphatic rings. The lowest BCUT2D eigenvalue weighted by Gasteiger charge is -2.32. The molecular weight excluding hydrogens is 460 g/mol. The van der Waals surface area contributed by atoms with Crippen LogP contribution < -0.4 is 14.8 Å². The van der Waals surface area contributed by atoms with Crippen LogP contribution in [-0.2, 0) is 0 Å². The Bertz CT molecular complexity index is 1030. The normalized spacial score (nSPS) is 16.3. The molecule has 200 valence electrons. The summed E-state index contributed by atoms with van der Waals surface area (Å²) >= 11 is 0. The van der Waals surface area contributed by atoms with E-state index in [1.54, 1.807) is 13.2 Å². The SMILES string of the molecule is C=C/C(=N\C(=C/C)NC(CCC)c1ccccc1)c1ccc(OCCCN2CCN(C)CC2)c(OC)c1. The molecule has 0 amide bonds. The van der Waals surface area contributed by atoms with Gasteiger partial charge in [0.1, 0.15) is 5.82 Å². The number of nitrogens with zero attached hydrogens (tertiary/aromatic N) is 3. The number of nitrogens with one attached hydrogen (secondary N) is 1. The summed E-state index contributed by atoms with van der Waals surface area (Å²) in [4.78, 5) is 9.80. The Morgan fingerprint density at radius 1 is 1.11 bits per heavy atom. The van der Waals surface area contributed by atoms with Crippen molar-refractivity contribution in [1.29, 1.82) is 0 Å². The minimum atomic E-state index is 0.198. The van der Waals surface area contributed by atoms with Gasteiger partial charge in [-0.3, -0.25) is 0 Å². The van der Waals surface area contributed by atoms with E-state index < -0.39 is 0 Å². The molecule has 0 saturated carbocycles. The Morgan fingerprint density at radius 2 is 1.86 bits per heavy atom. The number of hydrogen-bond acceptors (Lipinski definition) is 6. The summed E-state index contributed by atoms with van der Waals surface area (Å²) in [5.41, 5.74) is 2.98. The Balaban J connectivity index is 1.65. The van der Waals surface area contributed by atoms with Crippen LogP contribution in [-0.4, -0.2) is 69.0 Å². The number of aliphatic imine (C=N–C) groups is 1. The van der Waals surface area contributed by atoms with E-state index in [-0.39, 0.29) is 6.04 Å². The maximum Gasteiger partial charge on any atom is 0.161 e. The van der Waals surface area contributed by atoms with Gasteiger partial charge in [0.15, 0.2) is 11.5 Å². The Morgan fingerprint density at radius 3 is 2.51 bits per heavy atom. The Labute approximate surface area is 223 Å². The van der Waals surface area contributed by atoms with Gasteiger partial charge in [-0.1, -0.05) is 50.3 Å². The first-order chi connectivity index (χ1) is 18.1. The lowest BCUT2D eigenvalue weighted by atomic mass is 10.0. The highest BCUT2D eigenvalue weighted by Crippen LogP contribution is 2.29. The van der Waals surface area contributed by atoms with Crippen LogP contribution in [0.2, 0.25) is 0 Å². The molecule has 1 unspecified atom stereocenters. The van der Waals surface area contributed by atoms with Gasteiger partial charge in [-0.2, -0.15) is 0 Å². The Kier molecular flexibility index (Phi) is 11.7. The summed E-state index contributed by atoms with van der Waals surface area (Å²) in [7, 11) is 3.86. The fourth-order valence-corrected chi connectivity index (χ4v) is 4.50. The van der Waals surface area contributed by atoms with E-state index in [9.17, 15) is 0 Å². The maximum absolute atomic E-state index is 6.09. The van der Waals surface area contributed by atoms with Crippen LogP contribution in [0.5, 0.6) is 11.5 Å². The topological polar surface area (TPSA) is 49.3 Å². The standard InChI is InChI=1S/C31H44N4O2/c1-6-13-28(25-14-10-9-11-15-25)33-31(8-3)32-27(7-2)26-16-17-29(30(24-26)36-5)37-23-12-18-35-21-19-34(4)20-22-35/h7-11,14-17,24,28,33H,2,6,12-13,18-23H2,1,3-5H3/b31-8+,32-27+. The molecule has 1 saturated heterocycles. The first-order valence-corrected chi connectivity index (χ1v) is 13.5. The smallest absolute Gasteiger partial charge is 0.161 e. The molecule has 1 atom stereocenters. The first-order valence-electron chi connectivity index (χ1n) is 13.5. The Hall–Kier alpha value is -3.09. The number of likely N-dealkylation sites (N-methyl/N-ethyl adjacent to an activating group) is 1. The van der Waals surface area contributed by atoms with Crippen molar-refractivity contribution in [2.75, 3.05) is 53.5 Å². The average molecular weight is 505 g/mol. The van der Waals surface area contributed by atoms with Gasteiger partial charge in [0.2, 0.25) is 0 Å². The van der Waals surface area contributed by atoms with E-state index in [4.69, 9.17) is 14.5 Å².